The monoisotopic (exact) mass is 1370 g/mol. The molecular weight excluding hydrogens is 1310 g/mol. The molecule has 9 heterocycles. The second kappa shape index (κ2) is 28.6. The zero-order chi connectivity index (χ0) is 65.8. The number of hydrogen-bond acceptors (Lipinski definition) is 23. The molecule has 1 unspecified atom stereocenters. The Morgan fingerprint density at radius 1 is 0.699 bits per heavy atom. The number of methoxy groups -OCH3 is 1. The lowest BCUT2D eigenvalue weighted by molar-refractivity contribution is -0.144. The van der Waals surface area contributed by atoms with Crippen LogP contribution < -0.4 is 26.2 Å². The number of hydrogen-bond donors (Lipinski definition) is 6. The topological polar surface area (TPSA) is 341 Å². The van der Waals surface area contributed by atoms with Crippen molar-refractivity contribution in [1.82, 2.24) is 61.1 Å². The van der Waals surface area contributed by atoms with Crippen LogP contribution in [0.4, 0.5) is 11.5 Å². The van der Waals surface area contributed by atoms with E-state index in [-0.39, 0.29) is 77.3 Å². The minimum atomic E-state index is -1.25. The highest BCUT2D eigenvalue weighted by molar-refractivity contribution is 7.15. The number of ether oxygens (including phenoxy) is 1. The van der Waals surface area contributed by atoms with Crippen LogP contribution in [0.25, 0.3) is 43.4 Å². The summed E-state index contributed by atoms with van der Waals surface area (Å²) >= 11 is 7.40. The van der Waals surface area contributed by atoms with E-state index in [0.29, 0.717) is 93.8 Å². The summed E-state index contributed by atoms with van der Waals surface area (Å²) in [6.45, 7) is 7.26. The Labute approximate surface area is 556 Å². The van der Waals surface area contributed by atoms with E-state index >= 15 is 0 Å². The van der Waals surface area contributed by atoms with E-state index in [1.165, 1.54) is 105 Å². The van der Waals surface area contributed by atoms with Gasteiger partial charge in [0.25, 0.3) is 11.8 Å². The number of rotatable bonds is 13. The largest absolute Gasteiger partial charge is 0.481 e. The number of aryl methyl sites for hydroxylation is 1. The Morgan fingerprint density at radius 2 is 1.40 bits per heavy atom. The van der Waals surface area contributed by atoms with Crippen LogP contribution >= 0.6 is 68.0 Å². The fraction of sp³-hybridized carbons (Fsp3) is 0.333. The number of carboxylic acid groups (broad SMARTS) is 2. The van der Waals surface area contributed by atoms with Gasteiger partial charge in [0.05, 0.1) is 65.0 Å². The average molecular weight is 1370 g/mol. The van der Waals surface area contributed by atoms with Crippen molar-refractivity contribution in [3.63, 3.8) is 0 Å². The van der Waals surface area contributed by atoms with Crippen LogP contribution in [0.2, 0.25) is 0 Å². The first-order valence-electron chi connectivity index (χ1n) is 29.5. The summed E-state index contributed by atoms with van der Waals surface area (Å²) in [6.07, 6.45) is 2.27. The molecule has 4 atom stereocenters. The van der Waals surface area contributed by atoms with Crippen LogP contribution in [0.15, 0.2) is 82.3 Å². The molecular formula is C63H61N13O11S6. The number of thiazole rings is 6. The molecule has 9 aromatic rings. The number of aromatic nitrogens is 8. The van der Waals surface area contributed by atoms with Crippen molar-refractivity contribution < 1.29 is 53.3 Å². The van der Waals surface area contributed by atoms with Gasteiger partial charge in [0.15, 0.2) is 11.6 Å². The molecule has 8 aromatic heterocycles. The summed E-state index contributed by atoms with van der Waals surface area (Å²) in [4.78, 5) is 150. The highest BCUT2D eigenvalue weighted by atomic mass is 32.1. The number of aliphatic carboxylic acids is 1. The van der Waals surface area contributed by atoms with E-state index in [1.807, 2.05) is 61.9 Å². The molecule has 1 aliphatic heterocycles. The van der Waals surface area contributed by atoms with E-state index in [2.05, 4.69) is 26.3 Å². The fourth-order valence-corrected chi connectivity index (χ4v) is 16.6. The molecule has 11 rings (SSSR count). The molecule has 0 saturated heterocycles. The highest BCUT2D eigenvalue weighted by Gasteiger charge is 2.36. The third-order valence-corrected chi connectivity index (χ3v) is 21.8. The summed E-state index contributed by atoms with van der Waals surface area (Å²) in [5.41, 5.74) is 3.28. The van der Waals surface area contributed by atoms with Crippen LogP contribution in [0.1, 0.15) is 156 Å². The van der Waals surface area contributed by atoms with Gasteiger partial charge in [-0.3, -0.25) is 38.5 Å². The van der Waals surface area contributed by atoms with Gasteiger partial charge in [-0.15, -0.1) is 68.0 Å². The lowest BCUT2D eigenvalue weighted by atomic mass is 9.81. The van der Waals surface area contributed by atoms with Crippen molar-refractivity contribution >= 4 is 127 Å². The molecule has 6 N–H and O–H groups in total. The van der Waals surface area contributed by atoms with Crippen molar-refractivity contribution in [3.8, 4) is 43.4 Å². The van der Waals surface area contributed by atoms with Crippen molar-refractivity contribution in [2.24, 2.45) is 17.8 Å². The zero-order valence-corrected chi connectivity index (χ0v) is 55.7. The van der Waals surface area contributed by atoms with E-state index < -0.39 is 71.9 Å². The second-order valence-corrected chi connectivity index (χ2v) is 28.4. The fourth-order valence-electron chi connectivity index (χ4n) is 11.0. The maximum atomic E-state index is 14.6. The minimum Gasteiger partial charge on any atom is -0.481 e. The molecule has 1 saturated carbocycles. The zero-order valence-electron chi connectivity index (χ0n) is 50.8. The lowest BCUT2D eigenvalue weighted by Gasteiger charge is -2.30. The van der Waals surface area contributed by atoms with Gasteiger partial charge < -0.3 is 36.2 Å². The quantitative estimate of drug-likeness (QED) is 0.0624. The first-order chi connectivity index (χ1) is 44.7. The van der Waals surface area contributed by atoms with Gasteiger partial charge in [0.2, 0.25) is 17.7 Å². The maximum absolute atomic E-state index is 14.6. The van der Waals surface area contributed by atoms with Crippen LogP contribution in [-0.4, -0.2) is 118 Å². The third kappa shape index (κ3) is 14.6. The number of carbonyl (C=O) groups excluding carboxylic acids is 6. The predicted molar refractivity (Wildman–Crippen MR) is 353 cm³/mol. The molecule has 0 spiro atoms. The number of aromatic carboxylic acids is 1. The van der Waals surface area contributed by atoms with Gasteiger partial charge in [-0.25, -0.2) is 44.7 Å². The van der Waals surface area contributed by atoms with Gasteiger partial charge in [-0.2, -0.15) is 0 Å². The number of fused-ring (bicyclic) bond motifs is 14. The normalized spacial score (nSPS) is 18.4. The van der Waals surface area contributed by atoms with Crippen LogP contribution in [-0.2, 0) is 30.5 Å². The molecule has 5 amide bonds. The summed E-state index contributed by atoms with van der Waals surface area (Å²) in [6, 6.07) is 14.2. The number of benzene rings is 1. The Balaban J connectivity index is 0.995. The molecule has 1 aromatic carbocycles. The Morgan fingerprint density at radius 3 is 2.11 bits per heavy atom. The molecule has 1 fully saturated rings. The van der Waals surface area contributed by atoms with E-state index in [9.17, 15) is 48.6 Å². The molecule has 1 aliphatic carbocycles. The number of Topliss-reactive ketones (excluding diaryl/α,β-unsaturated/α-hetero) is 1. The number of ketones is 1. The first kappa shape index (κ1) is 65.7. The van der Waals surface area contributed by atoms with Crippen molar-refractivity contribution in [3.05, 3.63) is 135 Å². The number of carboxylic acids is 2. The summed E-state index contributed by atoms with van der Waals surface area (Å²) in [5, 5.41) is 40.4. The number of nitrogens with one attached hydrogen (secondary N) is 4. The number of nitrogens with zero attached hydrogens (tertiary/aromatic N) is 9. The smallest absolute Gasteiger partial charge is 0.354 e. The van der Waals surface area contributed by atoms with Gasteiger partial charge in [-0.1, -0.05) is 51.1 Å². The Hall–Kier alpha value is -8.78. The Bertz CT molecular complexity index is 4300. The number of anilines is 2. The summed E-state index contributed by atoms with van der Waals surface area (Å²) in [5.74, 6) is -6.80. The van der Waals surface area contributed by atoms with Gasteiger partial charge in [-0.05, 0) is 68.4 Å². The van der Waals surface area contributed by atoms with E-state index in [0.717, 1.165) is 5.56 Å². The van der Waals surface area contributed by atoms with Crippen molar-refractivity contribution in [1.29, 1.82) is 0 Å². The van der Waals surface area contributed by atoms with E-state index in [1.54, 1.807) is 29.8 Å². The third-order valence-electron chi connectivity index (χ3n) is 16.1. The van der Waals surface area contributed by atoms with E-state index in [4.69, 9.17) is 39.6 Å². The molecule has 2 aliphatic rings. The van der Waals surface area contributed by atoms with Crippen molar-refractivity contribution in [2.75, 3.05) is 25.6 Å². The lowest BCUT2D eigenvalue weighted by Crippen LogP contribution is -2.40. The molecule has 93 heavy (non-hydrogen) atoms. The molecule has 0 radical (unpaired) electrons. The van der Waals surface area contributed by atoms with Crippen LogP contribution in [0.5, 0.6) is 0 Å². The average Bonchev–Trinajstić information content (AvgIpc) is 1.88. The number of pyridine rings is 2. The van der Waals surface area contributed by atoms with Gasteiger partial charge >= 0.3 is 11.9 Å². The molecule has 10 bridgehead atoms. The molecule has 24 nitrogen and oxygen atoms in total. The summed E-state index contributed by atoms with van der Waals surface area (Å²) < 4.78 is 5.51. The number of carbonyl (C=O) groups is 8. The standard InChI is InChI=1S/C63H61N13O11S6/c1-29(2)37-20-44(77)50-31(4)92-59(74-50)40(21-47(78)64-5)68-53(80)42-26-88-55(70-42)36-17-19-38(57-72-46(28-91-57)76(35-16-18-39(63(85)86)65-22-35)61(82)33-12-14-34(15-13-33)62(83)84)67-51(36)41-25-89-58(69-41)43-27-90-60(71-43)49(30(3)32-10-8-7-9-11-32)73-48(79)23-66-54(81)52-45(24-87-6)93-56(37)75-52/h7-11,16-19,22,25-30,33-34,37,40,49H,12-15,20-21,23-24H2,1-6H3,(H,64,78)(H,66,81)(H,68,80)(H,73,79)(H,83,84)(H,85,86)/t30-,33?,34?,37?,40-,49-/m0/s1. The van der Waals surface area contributed by atoms with Gasteiger partial charge in [0, 0.05) is 70.3 Å². The predicted octanol–water partition coefficient (Wildman–Crippen LogP) is 10.9. The minimum absolute atomic E-state index is 0.0154. The van der Waals surface area contributed by atoms with Crippen LogP contribution in [0, 0.1) is 24.7 Å². The first-order valence-corrected chi connectivity index (χ1v) is 34.6. The molecule has 30 heteroatoms. The SMILES string of the molecule is CNC(=O)C[C@@H]1NC(=O)c2csc(n2)-c2ccc(-c3nc(N(C(=O)C4CCC(C(=O)O)CC4)c4ccc(C(=O)O)nc4)cs3)nc2-c2csc(n2)-c2csc(n2)[C@H]([C@@H](C)c2ccccc2)NC(=O)CNC(=O)c2nc(sc2COC)C(C(C)C)CC(=O)c2nc1sc2C. The highest BCUT2D eigenvalue weighted by Crippen LogP contribution is 2.43. The van der Waals surface area contributed by atoms with Gasteiger partial charge in [0.1, 0.15) is 64.9 Å². The molecule has 480 valence electrons. The van der Waals surface area contributed by atoms with Crippen LogP contribution in [0.3, 0.4) is 0 Å². The number of amides is 5. The second-order valence-electron chi connectivity index (χ2n) is 22.5. The summed E-state index contributed by atoms with van der Waals surface area (Å²) in [7, 11) is 2.97. The maximum Gasteiger partial charge on any atom is 0.354 e. The van der Waals surface area contributed by atoms with Crippen molar-refractivity contribution in [2.45, 2.75) is 96.7 Å². The Kier molecular flexibility index (Phi) is 20.2.